The third kappa shape index (κ3) is 4.49. The van der Waals surface area contributed by atoms with Crippen molar-refractivity contribution in [3.63, 3.8) is 0 Å². The summed E-state index contributed by atoms with van der Waals surface area (Å²) in [6, 6.07) is 11.3. The second-order valence-electron chi connectivity index (χ2n) is 5.45. The Bertz CT molecular complexity index is 678. The summed E-state index contributed by atoms with van der Waals surface area (Å²) in [4.78, 5) is 12.0. The number of aryl methyl sites for hydroxylation is 2. The van der Waals surface area contributed by atoms with E-state index in [1.165, 1.54) is 0 Å². The molecular formula is C19H23NO3. The van der Waals surface area contributed by atoms with Crippen LogP contribution >= 0.6 is 0 Å². The summed E-state index contributed by atoms with van der Waals surface area (Å²) in [5, 5.41) is 2.82. The summed E-state index contributed by atoms with van der Waals surface area (Å²) >= 11 is 0. The van der Waals surface area contributed by atoms with E-state index in [4.69, 9.17) is 9.47 Å². The summed E-state index contributed by atoms with van der Waals surface area (Å²) < 4.78 is 11.1. The fourth-order valence-electron chi connectivity index (χ4n) is 2.28. The molecule has 0 bridgehead atoms. The Morgan fingerprint density at radius 3 is 2.26 bits per heavy atom. The molecule has 2 aromatic rings. The van der Waals surface area contributed by atoms with Crippen molar-refractivity contribution in [2.75, 3.05) is 18.5 Å². The van der Waals surface area contributed by atoms with Gasteiger partial charge in [0, 0.05) is 5.69 Å². The first-order valence-corrected chi connectivity index (χ1v) is 7.73. The molecular weight excluding hydrogens is 290 g/mol. The Balaban J connectivity index is 1.94. The number of hydrogen-bond acceptors (Lipinski definition) is 3. The van der Waals surface area contributed by atoms with Crippen LogP contribution in [0, 0.1) is 20.8 Å². The maximum Gasteiger partial charge on any atom is 0.262 e. The lowest BCUT2D eigenvalue weighted by Gasteiger charge is -2.14. The largest absolute Gasteiger partial charge is 0.494 e. The Morgan fingerprint density at radius 2 is 1.61 bits per heavy atom. The SMILES string of the molecule is CCOc1ccc(NC(=O)COc2c(C)ccc(C)c2C)cc1. The van der Waals surface area contributed by atoms with Crippen LogP contribution in [-0.2, 0) is 4.79 Å². The Labute approximate surface area is 137 Å². The molecule has 0 atom stereocenters. The zero-order valence-electron chi connectivity index (χ0n) is 14.1. The van der Waals surface area contributed by atoms with Gasteiger partial charge in [-0.25, -0.2) is 0 Å². The number of rotatable bonds is 6. The zero-order chi connectivity index (χ0) is 16.8. The smallest absolute Gasteiger partial charge is 0.262 e. The van der Waals surface area contributed by atoms with Crippen molar-refractivity contribution in [2.45, 2.75) is 27.7 Å². The average molecular weight is 313 g/mol. The van der Waals surface area contributed by atoms with Crippen LogP contribution < -0.4 is 14.8 Å². The Morgan fingerprint density at radius 1 is 0.957 bits per heavy atom. The first kappa shape index (κ1) is 16.9. The highest BCUT2D eigenvalue weighted by Gasteiger charge is 2.09. The number of anilines is 1. The quantitative estimate of drug-likeness (QED) is 0.876. The van der Waals surface area contributed by atoms with Crippen molar-refractivity contribution in [1.29, 1.82) is 0 Å². The van der Waals surface area contributed by atoms with E-state index in [1.54, 1.807) is 0 Å². The van der Waals surface area contributed by atoms with E-state index in [-0.39, 0.29) is 12.5 Å². The molecule has 0 radical (unpaired) electrons. The lowest BCUT2D eigenvalue weighted by molar-refractivity contribution is -0.118. The van der Waals surface area contributed by atoms with Gasteiger partial charge in [-0.1, -0.05) is 12.1 Å². The van der Waals surface area contributed by atoms with Crippen molar-refractivity contribution in [3.8, 4) is 11.5 Å². The third-order valence-corrected chi connectivity index (χ3v) is 3.67. The van der Waals surface area contributed by atoms with E-state index in [2.05, 4.69) is 11.4 Å². The summed E-state index contributed by atoms with van der Waals surface area (Å²) in [5.74, 6) is 1.38. The molecule has 0 saturated heterocycles. The molecule has 122 valence electrons. The van der Waals surface area contributed by atoms with Gasteiger partial charge in [0.1, 0.15) is 11.5 Å². The molecule has 1 amide bonds. The van der Waals surface area contributed by atoms with Crippen LogP contribution in [0.15, 0.2) is 36.4 Å². The van der Waals surface area contributed by atoms with Gasteiger partial charge in [0.2, 0.25) is 0 Å². The number of benzene rings is 2. The van der Waals surface area contributed by atoms with Crippen LogP contribution in [0.1, 0.15) is 23.6 Å². The third-order valence-electron chi connectivity index (χ3n) is 3.67. The molecule has 0 spiro atoms. The van der Waals surface area contributed by atoms with Gasteiger partial charge in [0.25, 0.3) is 5.91 Å². The van der Waals surface area contributed by atoms with Crippen LogP contribution in [0.5, 0.6) is 11.5 Å². The molecule has 4 heteroatoms. The van der Waals surface area contributed by atoms with Gasteiger partial charge in [0.05, 0.1) is 6.61 Å². The number of nitrogens with one attached hydrogen (secondary N) is 1. The first-order chi connectivity index (χ1) is 11.0. The highest BCUT2D eigenvalue weighted by Crippen LogP contribution is 2.25. The number of carbonyl (C=O) groups excluding carboxylic acids is 1. The van der Waals surface area contributed by atoms with Gasteiger partial charge in [-0.15, -0.1) is 0 Å². The van der Waals surface area contributed by atoms with Crippen LogP contribution in [0.3, 0.4) is 0 Å². The molecule has 0 fully saturated rings. The number of ether oxygens (including phenoxy) is 2. The standard InChI is InChI=1S/C19H23NO3/c1-5-22-17-10-8-16(9-11-17)20-18(21)12-23-19-14(3)7-6-13(2)15(19)4/h6-11H,5,12H2,1-4H3,(H,20,21). The van der Waals surface area contributed by atoms with Crippen molar-refractivity contribution in [2.24, 2.45) is 0 Å². The summed E-state index contributed by atoms with van der Waals surface area (Å²) in [6.45, 7) is 8.55. The molecule has 0 saturated carbocycles. The van der Waals surface area contributed by atoms with E-state index in [1.807, 2.05) is 58.0 Å². The first-order valence-electron chi connectivity index (χ1n) is 7.73. The van der Waals surface area contributed by atoms with Crippen LogP contribution in [0.4, 0.5) is 5.69 Å². The maximum absolute atomic E-state index is 12.0. The topological polar surface area (TPSA) is 47.6 Å². The fourth-order valence-corrected chi connectivity index (χ4v) is 2.28. The minimum atomic E-state index is -0.186. The highest BCUT2D eigenvalue weighted by molar-refractivity contribution is 5.91. The van der Waals surface area contributed by atoms with Gasteiger partial charge in [-0.3, -0.25) is 4.79 Å². The lowest BCUT2D eigenvalue weighted by Crippen LogP contribution is -2.20. The number of amides is 1. The molecule has 23 heavy (non-hydrogen) atoms. The van der Waals surface area contributed by atoms with Gasteiger partial charge >= 0.3 is 0 Å². The lowest BCUT2D eigenvalue weighted by atomic mass is 10.1. The molecule has 0 aliphatic rings. The molecule has 0 unspecified atom stereocenters. The molecule has 1 N–H and O–H groups in total. The summed E-state index contributed by atoms with van der Waals surface area (Å²) in [6.07, 6.45) is 0. The van der Waals surface area contributed by atoms with Crippen LogP contribution in [0.25, 0.3) is 0 Å². The monoisotopic (exact) mass is 313 g/mol. The number of carbonyl (C=O) groups is 1. The highest BCUT2D eigenvalue weighted by atomic mass is 16.5. The van der Waals surface area contributed by atoms with Gasteiger partial charge in [0.15, 0.2) is 6.61 Å². The van der Waals surface area contributed by atoms with E-state index in [9.17, 15) is 4.79 Å². The normalized spacial score (nSPS) is 10.3. The van der Waals surface area contributed by atoms with Crippen LogP contribution in [-0.4, -0.2) is 19.1 Å². The maximum atomic E-state index is 12.0. The Kier molecular flexibility index (Phi) is 5.63. The van der Waals surface area contributed by atoms with E-state index < -0.39 is 0 Å². The average Bonchev–Trinajstić information content (AvgIpc) is 2.53. The predicted octanol–water partition coefficient (Wildman–Crippen LogP) is 4.03. The predicted molar refractivity (Wildman–Crippen MR) is 92.4 cm³/mol. The minimum Gasteiger partial charge on any atom is -0.494 e. The molecule has 0 aromatic heterocycles. The minimum absolute atomic E-state index is 0.0155. The molecule has 0 aliphatic carbocycles. The van der Waals surface area contributed by atoms with Crippen molar-refractivity contribution < 1.29 is 14.3 Å². The fraction of sp³-hybridized carbons (Fsp3) is 0.316. The number of hydrogen-bond donors (Lipinski definition) is 1. The van der Waals surface area contributed by atoms with E-state index in [0.717, 1.165) is 33.9 Å². The summed E-state index contributed by atoms with van der Waals surface area (Å²) in [7, 11) is 0. The zero-order valence-corrected chi connectivity index (χ0v) is 14.1. The van der Waals surface area contributed by atoms with Gasteiger partial charge in [-0.05, 0) is 68.7 Å². The molecule has 0 aliphatic heterocycles. The van der Waals surface area contributed by atoms with Gasteiger partial charge in [-0.2, -0.15) is 0 Å². The second-order valence-corrected chi connectivity index (χ2v) is 5.45. The molecule has 2 rings (SSSR count). The van der Waals surface area contributed by atoms with Crippen LogP contribution in [0.2, 0.25) is 0 Å². The second kappa shape index (κ2) is 7.68. The molecule has 4 nitrogen and oxygen atoms in total. The van der Waals surface area contributed by atoms with Crippen molar-refractivity contribution in [3.05, 3.63) is 53.1 Å². The van der Waals surface area contributed by atoms with Crippen molar-refractivity contribution >= 4 is 11.6 Å². The summed E-state index contributed by atoms with van der Waals surface area (Å²) in [5.41, 5.74) is 3.97. The van der Waals surface area contributed by atoms with E-state index in [0.29, 0.717) is 6.61 Å². The molecule has 0 heterocycles. The Hall–Kier alpha value is -2.49. The van der Waals surface area contributed by atoms with E-state index >= 15 is 0 Å². The van der Waals surface area contributed by atoms with Crippen molar-refractivity contribution in [1.82, 2.24) is 0 Å². The van der Waals surface area contributed by atoms with Gasteiger partial charge < -0.3 is 14.8 Å². The molecule has 2 aromatic carbocycles.